The van der Waals surface area contributed by atoms with Crippen LogP contribution in [0.4, 0.5) is 5.69 Å². The number of amides is 1. The highest BCUT2D eigenvalue weighted by Crippen LogP contribution is 2.07. The van der Waals surface area contributed by atoms with Crippen LogP contribution in [0.3, 0.4) is 0 Å². The van der Waals surface area contributed by atoms with Gasteiger partial charge in [-0.1, -0.05) is 0 Å². The summed E-state index contributed by atoms with van der Waals surface area (Å²) in [6, 6.07) is 0. The standard InChI is InChI=1S/C13H17N3O3/c1-3-4-5-6-7-12(17)15-11-8-14-16(9-11)10-13(18)19-2/h1,8-9H,4-7,10H2,2H3,(H,15,17). The number of terminal acetylenes is 1. The molecule has 0 aliphatic heterocycles. The van der Waals surface area contributed by atoms with Gasteiger partial charge in [-0.25, -0.2) is 0 Å². The summed E-state index contributed by atoms with van der Waals surface area (Å²) in [5, 5.41) is 6.65. The van der Waals surface area contributed by atoms with Crippen LogP contribution in [0.5, 0.6) is 0 Å². The summed E-state index contributed by atoms with van der Waals surface area (Å²) in [6.45, 7) is 0.0224. The number of nitrogens with zero attached hydrogens (tertiary/aromatic N) is 2. The zero-order valence-electron chi connectivity index (χ0n) is 10.9. The van der Waals surface area contributed by atoms with E-state index >= 15 is 0 Å². The number of aromatic nitrogens is 2. The highest BCUT2D eigenvalue weighted by molar-refractivity contribution is 5.90. The first kappa shape index (κ1) is 14.8. The van der Waals surface area contributed by atoms with Crippen molar-refractivity contribution in [2.45, 2.75) is 32.2 Å². The lowest BCUT2D eigenvalue weighted by Crippen LogP contribution is -2.12. The second kappa shape index (κ2) is 7.93. The molecule has 0 saturated carbocycles. The first-order valence-corrected chi connectivity index (χ1v) is 5.98. The van der Waals surface area contributed by atoms with Crippen LogP contribution in [-0.2, 0) is 20.9 Å². The van der Waals surface area contributed by atoms with Gasteiger partial charge in [-0.2, -0.15) is 5.10 Å². The Hall–Kier alpha value is -2.29. The number of anilines is 1. The minimum atomic E-state index is -0.393. The van der Waals surface area contributed by atoms with Gasteiger partial charge in [0.2, 0.25) is 5.91 Å². The third-order valence-corrected chi connectivity index (χ3v) is 2.41. The van der Waals surface area contributed by atoms with Crippen LogP contribution in [0.25, 0.3) is 0 Å². The number of unbranched alkanes of at least 4 members (excludes halogenated alkanes) is 2. The van der Waals surface area contributed by atoms with Crippen molar-refractivity contribution in [3.05, 3.63) is 12.4 Å². The van der Waals surface area contributed by atoms with Crippen molar-refractivity contribution in [1.82, 2.24) is 9.78 Å². The Bertz CT molecular complexity index is 474. The Kier molecular flexibility index (Phi) is 6.16. The molecule has 6 heteroatoms. The van der Waals surface area contributed by atoms with Gasteiger partial charge in [0, 0.05) is 19.0 Å². The van der Waals surface area contributed by atoms with Gasteiger partial charge in [0.15, 0.2) is 0 Å². The second-order valence-corrected chi connectivity index (χ2v) is 3.96. The molecule has 102 valence electrons. The molecule has 0 radical (unpaired) electrons. The molecule has 0 unspecified atom stereocenters. The van der Waals surface area contributed by atoms with Gasteiger partial charge in [-0.3, -0.25) is 14.3 Å². The average Bonchev–Trinajstić information content (AvgIpc) is 2.81. The first-order chi connectivity index (χ1) is 9.15. The number of ether oxygens (including phenoxy) is 1. The van der Waals surface area contributed by atoms with Crippen LogP contribution >= 0.6 is 0 Å². The summed E-state index contributed by atoms with van der Waals surface area (Å²) in [6.07, 6.45) is 10.9. The summed E-state index contributed by atoms with van der Waals surface area (Å²) >= 11 is 0. The highest BCUT2D eigenvalue weighted by atomic mass is 16.5. The van der Waals surface area contributed by atoms with Crippen LogP contribution in [0.15, 0.2) is 12.4 Å². The van der Waals surface area contributed by atoms with Crippen molar-refractivity contribution in [2.75, 3.05) is 12.4 Å². The molecule has 1 heterocycles. The number of esters is 1. The van der Waals surface area contributed by atoms with E-state index in [1.54, 1.807) is 6.20 Å². The molecule has 1 aromatic heterocycles. The molecule has 19 heavy (non-hydrogen) atoms. The molecular weight excluding hydrogens is 246 g/mol. The molecular formula is C13H17N3O3. The predicted octanol–water partition coefficient (Wildman–Crippen LogP) is 1.19. The molecule has 0 aliphatic carbocycles. The van der Waals surface area contributed by atoms with Gasteiger partial charge in [-0.05, 0) is 12.8 Å². The lowest BCUT2D eigenvalue weighted by Gasteiger charge is -2.01. The van der Waals surface area contributed by atoms with Crippen molar-refractivity contribution in [3.63, 3.8) is 0 Å². The number of hydrogen-bond donors (Lipinski definition) is 1. The number of nitrogens with one attached hydrogen (secondary N) is 1. The molecule has 0 bridgehead atoms. The monoisotopic (exact) mass is 263 g/mol. The first-order valence-electron chi connectivity index (χ1n) is 5.98. The number of carbonyl (C=O) groups is 2. The molecule has 6 nitrogen and oxygen atoms in total. The largest absolute Gasteiger partial charge is 0.468 e. The van der Waals surface area contributed by atoms with Crippen LogP contribution < -0.4 is 5.32 Å². The maximum absolute atomic E-state index is 11.6. The van der Waals surface area contributed by atoms with Gasteiger partial charge >= 0.3 is 5.97 Å². The zero-order chi connectivity index (χ0) is 14.1. The van der Waals surface area contributed by atoms with E-state index in [9.17, 15) is 9.59 Å². The van der Waals surface area contributed by atoms with Gasteiger partial charge in [0.05, 0.1) is 19.0 Å². The molecule has 0 aliphatic rings. The summed E-state index contributed by atoms with van der Waals surface area (Å²) < 4.78 is 5.92. The maximum Gasteiger partial charge on any atom is 0.327 e. The predicted molar refractivity (Wildman–Crippen MR) is 70.2 cm³/mol. The Labute approximate surface area is 112 Å². The smallest absolute Gasteiger partial charge is 0.327 e. The third-order valence-electron chi connectivity index (χ3n) is 2.41. The number of rotatable bonds is 7. The fraction of sp³-hybridized carbons (Fsp3) is 0.462. The van der Waals surface area contributed by atoms with E-state index in [2.05, 4.69) is 21.1 Å². The van der Waals surface area contributed by atoms with Crippen LogP contribution in [0.1, 0.15) is 25.7 Å². The zero-order valence-corrected chi connectivity index (χ0v) is 10.9. The van der Waals surface area contributed by atoms with E-state index in [1.165, 1.54) is 18.0 Å². The molecule has 0 spiro atoms. The molecule has 0 saturated heterocycles. The van der Waals surface area contributed by atoms with Crippen molar-refractivity contribution in [2.24, 2.45) is 0 Å². The van der Waals surface area contributed by atoms with Crippen molar-refractivity contribution in [3.8, 4) is 12.3 Å². The number of hydrogen-bond acceptors (Lipinski definition) is 4. The van der Waals surface area contributed by atoms with Crippen molar-refractivity contribution < 1.29 is 14.3 Å². The van der Waals surface area contributed by atoms with E-state index in [4.69, 9.17) is 6.42 Å². The molecule has 0 atom stereocenters. The van der Waals surface area contributed by atoms with E-state index in [1.807, 2.05) is 0 Å². The SMILES string of the molecule is C#CCCCCC(=O)Nc1cnn(CC(=O)OC)c1. The summed E-state index contributed by atoms with van der Waals surface area (Å²) in [4.78, 5) is 22.6. The summed E-state index contributed by atoms with van der Waals surface area (Å²) in [7, 11) is 1.31. The lowest BCUT2D eigenvalue weighted by atomic mass is 10.2. The van der Waals surface area contributed by atoms with E-state index in [-0.39, 0.29) is 12.5 Å². The Morgan fingerprint density at radius 1 is 1.53 bits per heavy atom. The van der Waals surface area contributed by atoms with E-state index < -0.39 is 5.97 Å². The lowest BCUT2D eigenvalue weighted by molar-refractivity contribution is -0.141. The van der Waals surface area contributed by atoms with E-state index in [0.717, 1.165) is 12.8 Å². The average molecular weight is 263 g/mol. The third kappa shape index (κ3) is 5.73. The van der Waals surface area contributed by atoms with Crippen molar-refractivity contribution >= 4 is 17.6 Å². The molecule has 1 amide bonds. The Balaban J connectivity index is 2.35. The molecule has 0 fully saturated rings. The highest BCUT2D eigenvalue weighted by Gasteiger charge is 2.06. The minimum Gasteiger partial charge on any atom is -0.468 e. The minimum absolute atomic E-state index is 0.0224. The second-order valence-electron chi connectivity index (χ2n) is 3.96. The fourth-order valence-corrected chi connectivity index (χ4v) is 1.45. The van der Waals surface area contributed by atoms with Crippen LogP contribution in [0, 0.1) is 12.3 Å². The van der Waals surface area contributed by atoms with Gasteiger partial charge in [0.1, 0.15) is 6.54 Å². The normalized spacial score (nSPS) is 9.68. The van der Waals surface area contributed by atoms with E-state index in [0.29, 0.717) is 18.5 Å². The van der Waals surface area contributed by atoms with Crippen LogP contribution in [-0.4, -0.2) is 28.8 Å². The maximum atomic E-state index is 11.6. The molecule has 1 N–H and O–H groups in total. The van der Waals surface area contributed by atoms with Gasteiger partial charge in [-0.15, -0.1) is 12.3 Å². The Morgan fingerprint density at radius 3 is 3.00 bits per heavy atom. The summed E-state index contributed by atoms with van der Waals surface area (Å²) in [5.41, 5.74) is 0.561. The topological polar surface area (TPSA) is 73.2 Å². The molecule has 1 rings (SSSR count). The molecule has 1 aromatic rings. The number of carbonyl (C=O) groups excluding carboxylic acids is 2. The van der Waals surface area contributed by atoms with Crippen LogP contribution in [0.2, 0.25) is 0 Å². The quantitative estimate of drug-likeness (QED) is 0.455. The van der Waals surface area contributed by atoms with Gasteiger partial charge in [0.25, 0.3) is 0 Å². The summed E-state index contributed by atoms with van der Waals surface area (Å²) in [5.74, 6) is 2.05. The fourth-order valence-electron chi connectivity index (χ4n) is 1.45. The van der Waals surface area contributed by atoms with Crippen molar-refractivity contribution in [1.29, 1.82) is 0 Å². The number of methoxy groups -OCH3 is 1. The Morgan fingerprint density at radius 2 is 2.32 bits per heavy atom. The molecule has 0 aromatic carbocycles. The van der Waals surface area contributed by atoms with Gasteiger partial charge < -0.3 is 10.1 Å².